The van der Waals surface area contributed by atoms with Gasteiger partial charge in [-0.05, 0) is 12.5 Å². The van der Waals surface area contributed by atoms with E-state index < -0.39 is 0 Å². The Hall–Kier alpha value is -2.36. The average Bonchev–Trinajstić information content (AvgIpc) is 2.39. The van der Waals surface area contributed by atoms with E-state index >= 15 is 0 Å². The van der Waals surface area contributed by atoms with Crippen LogP contribution in [0.4, 0.5) is 5.69 Å². The Labute approximate surface area is 112 Å². The van der Waals surface area contributed by atoms with Crippen LogP contribution in [0, 0.1) is 6.92 Å². The number of hydrogen-bond acceptors (Lipinski definition) is 3. The molecule has 0 fully saturated rings. The Bertz CT molecular complexity index is 582. The zero-order valence-corrected chi connectivity index (χ0v) is 11.0. The Morgan fingerprint density at radius 1 is 1.37 bits per heavy atom. The first-order chi connectivity index (χ1) is 9.19. The van der Waals surface area contributed by atoms with Crippen LogP contribution in [0.2, 0.25) is 0 Å². The van der Waals surface area contributed by atoms with Crippen molar-refractivity contribution in [2.24, 2.45) is 0 Å². The number of anilines is 1. The standard InChI is InChI=1S/C15H16N2O2/c1-11-4-3-5-12(8-11)9-15(18)17-13-10-16-7-6-14(13)19-2/h3-8,10H,9H2,1-2H3,(H,17,18). The van der Waals surface area contributed by atoms with Gasteiger partial charge in [-0.25, -0.2) is 0 Å². The first kappa shape index (κ1) is 13.1. The molecule has 0 aliphatic heterocycles. The maximum atomic E-state index is 12.0. The highest BCUT2D eigenvalue weighted by Gasteiger charge is 2.08. The minimum Gasteiger partial charge on any atom is -0.494 e. The van der Waals surface area contributed by atoms with Gasteiger partial charge in [0.05, 0.1) is 19.7 Å². The van der Waals surface area contributed by atoms with Crippen LogP contribution in [0.25, 0.3) is 0 Å². The predicted octanol–water partition coefficient (Wildman–Crippen LogP) is 2.58. The van der Waals surface area contributed by atoms with E-state index in [1.165, 1.54) is 0 Å². The highest BCUT2D eigenvalue weighted by atomic mass is 16.5. The third kappa shape index (κ3) is 3.55. The molecule has 0 bridgehead atoms. The molecule has 2 rings (SSSR count). The molecule has 4 heteroatoms. The first-order valence-electron chi connectivity index (χ1n) is 6.02. The van der Waals surface area contributed by atoms with Crippen molar-refractivity contribution in [1.29, 1.82) is 0 Å². The van der Waals surface area contributed by atoms with Crippen molar-refractivity contribution in [2.45, 2.75) is 13.3 Å². The molecular formula is C15H16N2O2. The topological polar surface area (TPSA) is 51.2 Å². The van der Waals surface area contributed by atoms with E-state index in [4.69, 9.17) is 4.74 Å². The number of methoxy groups -OCH3 is 1. The van der Waals surface area contributed by atoms with Gasteiger partial charge >= 0.3 is 0 Å². The number of nitrogens with zero attached hydrogens (tertiary/aromatic N) is 1. The fourth-order valence-corrected chi connectivity index (χ4v) is 1.86. The number of hydrogen-bond donors (Lipinski definition) is 1. The van der Waals surface area contributed by atoms with Crippen molar-refractivity contribution in [3.05, 3.63) is 53.9 Å². The number of pyridine rings is 1. The molecule has 0 spiro atoms. The van der Waals surface area contributed by atoms with Crippen LogP contribution >= 0.6 is 0 Å². The van der Waals surface area contributed by atoms with Crippen LogP contribution in [-0.4, -0.2) is 18.0 Å². The summed E-state index contributed by atoms with van der Waals surface area (Å²) in [6.07, 6.45) is 3.53. The smallest absolute Gasteiger partial charge is 0.228 e. The van der Waals surface area contributed by atoms with Crippen molar-refractivity contribution in [2.75, 3.05) is 12.4 Å². The molecule has 0 aliphatic rings. The molecule has 1 heterocycles. The van der Waals surface area contributed by atoms with Gasteiger partial charge in [-0.15, -0.1) is 0 Å². The molecule has 1 aromatic carbocycles. The van der Waals surface area contributed by atoms with Crippen molar-refractivity contribution < 1.29 is 9.53 Å². The number of carbonyl (C=O) groups is 1. The second-order valence-electron chi connectivity index (χ2n) is 4.29. The molecular weight excluding hydrogens is 240 g/mol. The van der Waals surface area contributed by atoms with Crippen molar-refractivity contribution >= 4 is 11.6 Å². The van der Waals surface area contributed by atoms with Crippen molar-refractivity contribution in [3.8, 4) is 5.75 Å². The quantitative estimate of drug-likeness (QED) is 0.914. The molecule has 4 nitrogen and oxygen atoms in total. The van der Waals surface area contributed by atoms with E-state index in [0.717, 1.165) is 11.1 Å². The van der Waals surface area contributed by atoms with Crippen LogP contribution in [0.15, 0.2) is 42.7 Å². The fourth-order valence-electron chi connectivity index (χ4n) is 1.86. The van der Waals surface area contributed by atoms with Crippen LogP contribution in [0.3, 0.4) is 0 Å². The summed E-state index contributed by atoms with van der Waals surface area (Å²) < 4.78 is 5.16. The summed E-state index contributed by atoms with van der Waals surface area (Å²) in [7, 11) is 1.56. The Kier molecular flexibility index (Phi) is 4.13. The molecule has 2 aromatic rings. The van der Waals surface area contributed by atoms with E-state index in [1.807, 2.05) is 31.2 Å². The molecule has 0 saturated carbocycles. The van der Waals surface area contributed by atoms with Gasteiger partial charge in [0.2, 0.25) is 5.91 Å². The van der Waals surface area contributed by atoms with E-state index in [2.05, 4.69) is 10.3 Å². The molecule has 0 aliphatic carbocycles. The van der Waals surface area contributed by atoms with Crippen molar-refractivity contribution in [3.63, 3.8) is 0 Å². The first-order valence-corrected chi connectivity index (χ1v) is 6.02. The fraction of sp³-hybridized carbons (Fsp3) is 0.200. The van der Waals surface area contributed by atoms with Gasteiger partial charge in [0.15, 0.2) is 0 Å². The summed E-state index contributed by atoms with van der Waals surface area (Å²) in [6.45, 7) is 2.01. The number of amides is 1. The number of nitrogens with one attached hydrogen (secondary N) is 1. The van der Waals surface area contributed by atoms with E-state index in [-0.39, 0.29) is 5.91 Å². The summed E-state index contributed by atoms with van der Waals surface area (Å²) >= 11 is 0. The van der Waals surface area contributed by atoms with Gasteiger partial charge in [-0.3, -0.25) is 9.78 Å². The second-order valence-corrected chi connectivity index (χ2v) is 4.29. The third-order valence-corrected chi connectivity index (χ3v) is 2.72. The monoisotopic (exact) mass is 256 g/mol. The maximum Gasteiger partial charge on any atom is 0.228 e. The summed E-state index contributed by atoms with van der Waals surface area (Å²) in [4.78, 5) is 15.9. The number of carbonyl (C=O) groups excluding carboxylic acids is 1. The molecule has 1 aromatic heterocycles. The average molecular weight is 256 g/mol. The highest BCUT2D eigenvalue weighted by Crippen LogP contribution is 2.21. The maximum absolute atomic E-state index is 12.0. The summed E-state index contributed by atoms with van der Waals surface area (Å²) in [5.74, 6) is 0.518. The lowest BCUT2D eigenvalue weighted by atomic mass is 10.1. The summed E-state index contributed by atoms with van der Waals surface area (Å²) in [5.41, 5.74) is 2.72. The number of aromatic nitrogens is 1. The number of aryl methyl sites for hydroxylation is 1. The van der Waals surface area contributed by atoms with Gasteiger partial charge in [-0.1, -0.05) is 29.8 Å². The van der Waals surface area contributed by atoms with E-state index in [0.29, 0.717) is 17.9 Å². The lowest BCUT2D eigenvalue weighted by Crippen LogP contribution is -2.15. The number of benzene rings is 1. The lowest BCUT2D eigenvalue weighted by molar-refractivity contribution is -0.115. The number of ether oxygens (including phenoxy) is 1. The predicted molar refractivity (Wildman–Crippen MR) is 74.3 cm³/mol. The Morgan fingerprint density at radius 3 is 2.95 bits per heavy atom. The molecule has 0 atom stereocenters. The highest BCUT2D eigenvalue weighted by molar-refractivity contribution is 5.93. The van der Waals surface area contributed by atoms with E-state index in [9.17, 15) is 4.79 Å². The Balaban J connectivity index is 2.05. The molecule has 1 N–H and O–H groups in total. The van der Waals surface area contributed by atoms with Crippen LogP contribution in [0.1, 0.15) is 11.1 Å². The minimum absolute atomic E-state index is 0.0862. The van der Waals surface area contributed by atoms with Crippen molar-refractivity contribution in [1.82, 2.24) is 4.98 Å². The second kappa shape index (κ2) is 6.00. The summed E-state index contributed by atoms with van der Waals surface area (Å²) in [6, 6.07) is 9.60. The van der Waals surface area contributed by atoms with Gasteiger partial charge < -0.3 is 10.1 Å². The van der Waals surface area contributed by atoms with Gasteiger partial charge in [0.25, 0.3) is 0 Å². The zero-order chi connectivity index (χ0) is 13.7. The molecule has 1 amide bonds. The molecule has 0 unspecified atom stereocenters. The van der Waals surface area contributed by atoms with Gasteiger partial charge in [0, 0.05) is 12.3 Å². The molecule has 0 radical (unpaired) electrons. The van der Waals surface area contributed by atoms with Crippen LogP contribution < -0.4 is 10.1 Å². The van der Waals surface area contributed by atoms with Gasteiger partial charge in [-0.2, -0.15) is 0 Å². The normalized spacial score (nSPS) is 10.0. The van der Waals surface area contributed by atoms with Gasteiger partial charge in [0.1, 0.15) is 11.4 Å². The summed E-state index contributed by atoms with van der Waals surface area (Å²) in [5, 5.41) is 2.80. The molecule has 19 heavy (non-hydrogen) atoms. The Morgan fingerprint density at radius 2 is 2.21 bits per heavy atom. The van der Waals surface area contributed by atoms with Crippen LogP contribution in [0.5, 0.6) is 5.75 Å². The zero-order valence-electron chi connectivity index (χ0n) is 11.0. The minimum atomic E-state index is -0.0862. The SMILES string of the molecule is COc1ccncc1NC(=O)Cc1cccc(C)c1. The number of rotatable bonds is 4. The van der Waals surface area contributed by atoms with Crippen LogP contribution in [-0.2, 0) is 11.2 Å². The largest absolute Gasteiger partial charge is 0.494 e. The lowest BCUT2D eigenvalue weighted by Gasteiger charge is -2.09. The molecule has 98 valence electrons. The molecule has 0 saturated heterocycles. The van der Waals surface area contributed by atoms with E-state index in [1.54, 1.807) is 25.6 Å². The third-order valence-electron chi connectivity index (χ3n) is 2.72.